The molecule has 1 fully saturated rings. The van der Waals surface area contributed by atoms with E-state index in [-0.39, 0.29) is 5.91 Å². The summed E-state index contributed by atoms with van der Waals surface area (Å²) < 4.78 is 5.29. The third kappa shape index (κ3) is 4.16. The van der Waals surface area contributed by atoms with E-state index >= 15 is 0 Å². The molecule has 1 amide bonds. The van der Waals surface area contributed by atoms with Crippen LogP contribution in [0.4, 0.5) is 5.69 Å². The number of benzene rings is 3. The Morgan fingerprint density at radius 2 is 1.61 bits per heavy atom. The van der Waals surface area contributed by atoms with Gasteiger partial charge in [-0.2, -0.15) is 4.99 Å². The van der Waals surface area contributed by atoms with Crippen LogP contribution in [0, 0.1) is 0 Å². The number of carbonyl (C=O) groups excluding carboxylic acids is 1. The molecule has 2 aliphatic rings. The second-order valence-electron chi connectivity index (χ2n) is 7.59. The summed E-state index contributed by atoms with van der Waals surface area (Å²) >= 11 is 1.48. The number of para-hydroxylation sites is 1. The van der Waals surface area contributed by atoms with Crippen molar-refractivity contribution in [2.24, 2.45) is 4.99 Å². The zero-order valence-corrected chi connectivity index (χ0v) is 18.1. The molecule has 1 saturated heterocycles. The number of ether oxygens (including phenoxy) is 1. The standard InChI is InChI=1S/C25H23N3O2S/c1-30-22-10-9-19-15-18(7-8-20(19)17-22)16-23-24(29)26-25(31-23)28-13-11-27(12-14-28)21-5-3-2-4-6-21/h2-10,15-17H,11-14H2,1H3. The van der Waals surface area contributed by atoms with Gasteiger partial charge in [0.2, 0.25) is 0 Å². The Bertz CT molecular complexity index is 1180. The minimum atomic E-state index is -0.152. The van der Waals surface area contributed by atoms with Gasteiger partial charge in [0, 0.05) is 31.9 Å². The molecule has 0 spiro atoms. The lowest BCUT2D eigenvalue weighted by Crippen LogP contribution is -2.47. The monoisotopic (exact) mass is 429 g/mol. The topological polar surface area (TPSA) is 45.1 Å². The highest BCUT2D eigenvalue weighted by molar-refractivity contribution is 8.18. The summed E-state index contributed by atoms with van der Waals surface area (Å²) in [7, 11) is 1.67. The first kappa shape index (κ1) is 19.7. The van der Waals surface area contributed by atoms with Gasteiger partial charge >= 0.3 is 0 Å². The molecule has 3 aromatic carbocycles. The third-order valence-corrected chi connectivity index (χ3v) is 6.69. The zero-order valence-electron chi connectivity index (χ0n) is 17.3. The molecule has 3 aromatic rings. The highest BCUT2D eigenvalue weighted by Gasteiger charge is 2.28. The zero-order chi connectivity index (χ0) is 21.2. The molecule has 0 saturated carbocycles. The molecule has 0 radical (unpaired) electrons. The Hall–Kier alpha value is -3.25. The number of hydrogen-bond donors (Lipinski definition) is 0. The van der Waals surface area contributed by atoms with E-state index in [0.29, 0.717) is 4.91 Å². The molecule has 31 heavy (non-hydrogen) atoms. The van der Waals surface area contributed by atoms with E-state index in [0.717, 1.165) is 53.4 Å². The normalized spacial score (nSPS) is 18.0. The molecule has 0 atom stereocenters. The van der Waals surface area contributed by atoms with Gasteiger partial charge in [0.25, 0.3) is 5.91 Å². The molecule has 5 nitrogen and oxygen atoms in total. The Kier molecular flexibility index (Phi) is 5.38. The molecule has 6 heteroatoms. The maximum Gasteiger partial charge on any atom is 0.286 e. The minimum absolute atomic E-state index is 0.152. The number of hydrogen-bond acceptors (Lipinski definition) is 5. The van der Waals surface area contributed by atoms with E-state index in [2.05, 4.69) is 51.2 Å². The maximum absolute atomic E-state index is 12.5. The average Bonchev–Trinajstić information content (AvgIpc) is 3.19. The third-order valence-electron chi connectivity index (χ3n) is 5.65. The summed E-state index contributed by atoms with van der Waals surface area (Å²) in [5.74, 6) is 0.686. The van der Waals surface area contributed by atoms with E-state index in [9.17, 15) is 4.79 Å². The van der Waals surface area contributed by atoms with Gasteiger partial charge in [-0.3, -0.25) is 4.79 Å². The number of nitrogens with zero attached hydrogens (tertiary/aromatic N) is 3. The molecule has 2 heterocycles. The fourth-order valence-electron chi connectivity index (χ4n) is 3.94. The van der Waals surface area contributed by atoms with Crippen molar-refractivity contribution in [1.82, 2.24) is 4.90 Å². The van der Waals surface area contributed by atoms with Crippen LogP contribution < -0.4 is 9.64 Å². The van der Waals surface area contributed by atoms with Gasteiger partial charge in [0.1, 0.15) is 5.75 Å². The van der Waals surface area contributed by atoms with Crippen molar-refractivity contribution in [2.75, 3.05) is 38.2 Å². The SMILES string of the molecule is COc1ccc2cc(C=C3SC(N4CCN(c5ccccc5)CC4)=NC3=O)ccc2c1. The number of anilines is 1. The highest BCUT2D eigenvalue weighted by Crippen LogP contribution is 2.32. The molecule has 5 rings (SSSR count). The highest BCUT2D eigenvalue weighted by atomic mass is 32.2. The van der Waals surface area contributed by atoms with E-state index < -0.39 is 0 Å². The molecule has 2 aliphatic heterocycles. The first-order valence-corrected chi connectivity index (χ1v) is 11.2. The maximum atomic E-state index is 12.5. The van der Waals surface area contributed by atoms with Crippen LogP contribution in [-0.4, -0.2) is 49.3 Å². The Balaban J connectivity index is 1.27. The lowest BCUT2D eigenvalue weighted by atomic mass is 10.1. The van der Waals surface area contributed by atoms with Crippen molar-refractivity contribution >= 4 is 45.4 Å². The van der Waals surface area contributed by atoms with Crippen LogP contribution in [0.25, 0.3) is 16.8 Å². The predicted molar refractivity (Wildman–Crippen MR) is 129 cm³/mol. The van der Waals surface area contributed by atoms with Gasteiger partial charge in [-0.15, -0.1) is 0 Å². The van der Waals surface area contributed by atoms with E-state index in [1.165, 1.54) is 17.4 Å². The number of aliphatic imine (C=N–C) groups is 1. The van der Waals surface area contributed by atoms with E-state index in [1.54, 1.807) is 7.11 Å². The summed E-state index contributed by atoms with van der Waals surface area (Å²) in [6.45, 7) is 3.56. The van der Waals surface area contributed by atoms with Gasteiger partial charge in [-0.1, -0.05) is 36.4 Å². The Morgan fingerprint density at radius 1 is 0.903 bits per heavy atom. The van der Waals surface area contributed by atoms with E-state index in [4.69, 9.17) is 4.74 Å². The first-order chi connectivity index (χ1) is 15.2. The van der Waals surface area contributed by atoms with Crippen molar-refractivity contribution in [3.8, 4) is 5.75 Å². The lowest BCUT2D eigenvalue weighted by molar-refractivity contribution is -0.113. The summed E-state index contributed by atoms with van der Waals surface area (Å²) in [4.78, 5) is 22.1. The van der Waals surface area contributed by atoms with Crippen LogP contribution in [-0.2, 0) is 4.79 Å². The molecule has 0 aliphatic carbocycles. The lowest BCUT2D eigenvalue weighted by Gasteiger charge is -2.36. The number of methoxy groups -OCH3 is 1. The van der Waals surface area contributed by atoms with Crippen molar-refractivity contribution in [3.05, 3.63) is 77.2 Å². The fraction of sp³-hybridized carbons (Fsp3) is 0.200. The van der Waals surface area contributed by atoms with Gasteiger partial charge in [0.15, 0.2) is 5.17 Å². The van der Waals surface area contributed by atoms with Crippen molar-refractivity contribution in [1.29, 1.82) is 0 Å². The molecule has 0 N–H and O–H groups in total. The Labute approximate surface area is 186 Å². The number of piperazine rings is 1. The Morgan fingerprint density at radius 3 is 2.39 bits per heavy atom. The largest absolute Gasteiger partial charge is 0.497 e. The van der Waals surface area contributed by atoms with Crippen LogP contribution in [0.15, 0.2) is 76.6 Å². The van der Waals surface area contributed by atoms with E-state index in [1.807, 2.05) is 36.4 Å². The number of carbonyl (C=O) groups is 1. The molecule has 156 valence electrons. The number of thioether (sulfide) groups is 1. The number of fused-ring (bicyclic) bond motifs is 1. The average molecular weight is 430 g/mol. The molecular formula is C25H23N3O2S. The summed E-state index contributed by atoms with van der Waals surface area (Å²) in [6, 6.07) is 22.6. The summed E-state index contributed by atoms with van der Waals surface area (Å²) in [6.07, 6.45) is 1.94. The van der Waals surface area contributed by atoms with Crippen LogP contribution in [0.5, 0.6) is 5.75 Å². The van der Waals surface area contributed by atoms with Crippen molar-refractivity contribution < 1.29 is 9.53 Å². The van der Waals surface area contributed by atoms with Gasteiger partial charge in [0.05, 0.1) is 12.0 Å². The van der Waals surface area contributed by atoms with Crippen LogP contribution in [0.3, 0.4) is 0 Å². The smallest absolute Gasteiger partial charge is 0.286 e. The first-order valence-electron chi connectivity index (χ1n) is 10.3. The van der Waals surface area contributed by atoms with Gasteiger partial charge < -0.3 is 14.5 Å². The van der Waals surface area contributed by atoms with Crippen LogP contribution >= 0.6 is 11.8 Å². The fourth-order valence-corrected chi connectivity index (χ4v) is 4.90. The predicted octanol–water partition coefficient (Wildman–Crippen LogP) is 4.64. The second kappa shape index (κ2) is 8.47. The quantitative estimate of drug-likeness (QED) is 0.568. The van der Waals surface area contributed by atoms with Crippen LogP contribution in [0.2, 0.25) is 0 Å². The summed E-state index contributed by atoms with van der Waals surface area (Å²) in [5, 5.41) is 3.04. The van der Waals surface area contributed by atoms with Crippen LogP contribution in [0.1, 0.15) is 5.56 Å². The second-order valence-corrected chi connectivity index (χ2v) is 8.60. The van der Waals surface area contributed by atoms with Gasteiger partial charge in [-0.05, 0) is 64.5 Å². The van der Waals surface area contributed by atoms with Crippen molar-refractivity contribution in [3.63, 3.8) is 0 Å². The number of amides is 1. The number of amidine groups is 1. The molecule has 0 unspecified atom stereocenters. The number of rotatable bonds is 3. The molecule has 0 aromatic heterocycles. The molecule has 0 bridgehead atoms. The summed E-state index contributed by atoms with van der Waals surface area (Å²) in [5.41, 5.74) is 2.24. The minimum Gasteiger partial charge on any atom is -0.497 e. The van der Waals surface area contributed by atoms with Crippen molar-refractivity contribution in [2.45, 2.75) is 0 Å². The van der Waals surface area contributed by atoms with Gasteiger partial charge in [-0.25, -0.2) is 0 Å². The molecular weight excluding hydrogens is 406 g/mol.